The van der Waals surface area contributed by atoms with Crippen LogP contribution in [0.2, 0.25) is 0 Å². The molecule has 3 aromatic heterocycles. The zero-order chi connectivity index (χ0) is 22.0. The Morgan fingerprint density at radius 3 is 2.30 bits per heavy atom. The van der Waals surface area contributed by atoms with Gasteiger partial charge in [0.2, 0.25) is 0 Å². The molecular weight excluding hydrogens is 408 g/mol. The van der Waals surface area contributed by atoms with Crippen LogP contribution in [0.1, 0.15) is 30.1 Å². The molecule has 0 N–H and O–H groups in total. The molecule has 0 amide bonds. The van der Waals surface area contributed by atoms with Crippen molar-refractivity contribution >= 4 is 5.65 Å². The normalized spacial score (nSPS) is 15.3. The Hall–Kier alpha value is -3.77. The maximum atomic E-state index is 4.97. The number of rotatable bonds is 5. The van der Waals surface area contributed by atoms with Crippen LogP contribution in [0.15, 0.2) is 91.3 Å². The third-order valence-corrected chi connectivity index (χ3v) is 6.54. The van der Waals surface area contributed by atoms with Crippen LogP contribution < -0.4 is 0 Å². The number of pyridine rings is 1. The van der Waals surface area contributed by atoms with Crippen molar-refractivity contribution in [3.63, 3.8) is 0 Å². The fourth-order valence-electron chi connectivity index (χ4n) is 4.81. The van der Waals surface area contributed by atoms with E-state index in [1.165, 1.54) is 5.56 Å². The Morgan fingerprint density at radius 1 is 0.788 bits per heavy atom. The highest BCUT2D eigenvalue weighted by Gasteiger charge is 2.25. The summed E-state index contributed by atoms with van der Waals surface area (Å²) in [6.45, 7) is 2.97. The van der Waals surface area contributed by atoms with Gasteiger partial charge in [-0.25, -0.2) is 4.68 Å². The summed E-state index contributed by atoms with van der Waals surface area (Å²) in [5.41, 5.74) is 5.49. The van der Waals surface area contributed by atoms with E-state index in [2.05, 4.69) is 86.5 Å². The van der Waals surface area contributed by atoms with Crippen molar-refractivity contribution in [2.45, 2.75) is 25.3 Å². The summed E-state index contributed by atoms with van der Waals surface area (Å²) in [6.07, 6.45) is 6.43. The van der Waals surface area contributed by atoms with Gasteiger partial charge in [-0.3, -0.25) is 9.30 Å². The average Bonchev–Trinajstić information content (AvgIpc) is 3.50. The number of hydrogen-bond acceptors (Lipinski definition) is 4. The molecule has 0 atom stereocenters. The number of piperidine rings is 1. The summed E-state index contributed by atoms with van der Waals surface area (Å²) in [5, 5.41) is 13.8. The van der Waals surface area contributed by atoms with Crippen molar-refractivity contribution < 1.29 is 0 Å². The van der Waals surface area contributed by atoms with Gasteiger partial charge >= 0.3 is 0 Å². The molecule has 1 fully saturated rings. The van der Waals surface area contributed by atoms with Crippen LogP contribution in [0, 0.1) is 0 Å². The summed E-state index contributed by atoms with van der Waals surface area (Å²) >= 11 is 0. The van der Waals surface area contributed by atoms with E-state index in [1.54, 1.807) is 0 Å². The number of hydrogen-bond donors (Lipinski definition) is 0. The smallest absolute Gasteiger partial charge is 0.160 e. The lowest BCUT2D eigenvalue weighted by atomic mass is 9.95. The predicted molar refractivity (Wildman–Crippen MR) is 129 cm³/mol. The highest BCUT2D eigenvalue weighted by Crippen LogP contribution is 2.30. The molecule has 4 heterocycles. The molecule has 33 heavy (non-hydrogen) atoms. The Kier molecular flexibility index (Phi) is 5.20. The lowest BCUT2D eigenvalue weighted by Crippen LogP contribution is -2.33. The zero-order valence-electron chi connectivity index (χ0n) is 18.5. The Bertz CT molecular complexity index is 1350. The number of fused-ring (bicyclic) bond motifs is 1. The maximum Gasteiger partial charge on any atom is 0.160 e. The quantitative estimate of drug-likeness (QED) is 0.392. The molecule has 0 aliphatic carbocycles. The van der Waals surface area contributed by atoms with E-state index in [0.717, 1.165) is 60.9 Å². The maximum absolute atomic E-state index is 4.97. The Labute approximate surface area is 193 Å². The van der Waals surface area contributed by atoms with E-state index < -0.39 is 0 Å². The molecule has 2 aromatic carbocycles. The summed E-state index contributed by atoms with van der Waals surface area (Å²) < 4.78 is 4.14. The minimum absolute atomic E-state index is 0.444. The molecule has 6 heteroatoms. The highest BCUT2D eigenvalue weighted by atomic mass is 15.3. The molecule has 0 spiro atoms. The zero-order valence-corrected chi connectivity index (χ0v) is 18.5. The van der Waals surface area contributed by atoms with Gasteiger partial charge in [-0.1, -0.05) is 54.6 Å². The second-order valence-corrected chi connectivity index (χ2v) is 8.69. The van der Waals surface area contributed by atoms with Crippen LogP contribution >= 0.6 is 0 Å². The molecule has 1 aliphatic rings. The first kappa shape index (κ1) is 19.9. The largest absolute Gasteiger partial charge is 0.299 e. The molecule has 0 saturated carbocycles. The lowest BCUT2D eigenvalue weighted by Gasteiger charge is -2.31. The van der Waals surface area contributed by atoms with Gasteiger partial charge in [0.05, 0.1) is 11.4 Å². The second-order valence-electron chi connectivity index (χ2n) is 8.69. The third kappa shape index (κ3) is 3.94. The Morgan fingerprint density at radius 2 is 1.52 bits per heavy atom. The van der Waals surface area contributed by atoms with Crippen LogP contribution in [0.4, 0.5) is 0 Å². The number of benzene rings is 2. The third-order valence-electron chi connectivity index (χ3n) is 6.54. The van der Waals surface area contributed by atoms with Crippen LogP contribution in [-0.4, -0.2) is 42.4 Å². The SMILES string of the molecule is c1ccc(-c2nn(-c3ccccc3)cc2CN2CCC(c3nnc4ccccn34)CC2)cc1. The van der Waals surface area contributed by atoms with Crippen molar-refractivity contribution in [3.8, 4) is 16.9 Å². The fourth-order valence-corrected chi connectivity index (χ4v) is 4.81. The van der Waals surface area contributed by atoms with Crippen molar-refractivity contribution in [3.05, 3.63) is 103 Å². The molecule has 6 nitrogen and oxygen atoms in total. The van der Waals surface area contributed by atoms with E-state index in [0.29, 0.717) is 5.92 Å². The average molecular weight is 435 g/mol. The topological polar surface area (TPSA) is 51.2 Å². The first-order valence-electron chi connectivity index (χ1n) is 11.6. The van der Waals surface area contributed by atoms with Gasteiger partial charge < -0.3 is 0 Å². The molecule has 6 rings (SSSR count). The molecular formula is C27H26N6. The lowest BCUT2D eigenvalue weighted by molar-refractivity contribution is 0.201. The summed E-state index contributed by atoms with van der Waals surface area (Å²) in [6, 6.07) is 26.9. The van der Waals surface area contributed by atoms with Gasteiger partial charge in [-0.2, -0.15) is 5.10 Å². The van der Waals surface area contributed by atoms with Gasteiger partial charge in [-0.15, -0.1) is 10.2 Å². The van der Waals surface area contributed by atoms with Crippen molar-refractivity contribution in [2.75, 3.05) is 13.1 Å². The predicted octanol–water partition coefficient (Wildman–Crippen LogP) is 4.96. The molecule has 1 saturated heterocycles. The number of para-hydroxylation sites is 1. The molecule has 164 valence electrons. The van der Waals surface area contributed by atoms with Crippen LogP contribution in [-0.2, 0) is 6.54 Å². The minimum atomic E-state index is 0.444. The number of nitrogens with zero attached hydrogens (tertiary/aromatic N) is 6. The summed E-state index contributed by atoms with van der Waals surface area (Å²) in [5.74, 6) is 1.53. The van der Waals surface area contributed by atoms with E-state index in [-0.39, 0.29) is 0 Å². The molecule has 5 aromatic rings. The molecule has 0 bridgehead atoms. The second kappa shape index (κ2) is 8.64. The number of likely N-dealkylation sites (tertiary alicyclic amines) is 1. The van der Waals surface area contributed by atoms with Crippen molar-refractivity contribution in [1.82, 2.24) is 29.3 Å². The Balaban J connectivity index is 1.23. The minimum Gasteiger partial charge on any atom is -0.299 e. The standard InChI is InChI=1S/C27H26N6/c1-3-9-21(10-4-1)26-23(20-33(30-26)24-11-5-2-6-12-24)19-31-17-14-22(15-18-31)27-29-28-25-13-7-8-16-32(25)27/h1-13,16,20,22H,14-15,17-19H2. The molecule has 1 aliphatic heterocycles. The van der Waals surface area contributed by atoms with E-state index in [4.69, 9.17) is 5.10 Å². The van der Waals surface area contributed by atoms with Gasteiger partial charge in [0, 0.05) is 36.0 Å². The van der Waals surface area contributed by atoms with E-state index >= 15 is 0 Å². The monoisotopic (exact) mass is 434 g/mol. The summed E-state index contributed by atoms with van der Waals surface area (Å²) in [7, 11) is 0. The van der Waals surface area contributed by atoms with Crippen molar-refractivity contribution in [1.29, 1.82) is 0 Å². The highest BCUT2D eigenvalue weighted by molar-refractivity contribution is 5.63. The first-order valence-corrected chi connectivity index (χ1v) is 11.6. The first-order chi connectivity index (χ1) is 16.3. The van der Waals surface area contributed by atoms with Crippen molar-refractivity contribution in [2.24, 2.45) is 0 Å². The number of aromatic nitrogens is 5. The van der Waals surface area contributed by atoms with Gasteiger partial charge in [0.1, 0.15) is 5.82 Å². The fraction of sp³-hybridized carbons (Fsp3) is 0.222. The van der Waals surface area contributed by atoms with Crippen LogP contribution in [0.5, 0.6) is 0 Å². The molecule has 0 unspecified atom stereocenters. The van der Waals surface area contributed by atoms with Gasteiger partial charge in [-0.05, 0) is 50.2 Å². The van der Waals surface area contributed by atoms with Gasteiger partial charge in [0.25, 0.3) is 0 Å². The van der Waals surface area contributed by atoms with Crippen LogP contribution in [0.3, 0.4) is 0 Å². The summed E-state index contributed by atoms with van der Waals surface area (Å²) in [4.78, 5) is 2.54. The van der Waals surface area contributed by atoms with E-state index in [9.17, 15) is 0 Å². The molecule has 0 radical (unpaired) electrons. The van der Waals surface area contributed by atoms with Crippen LogP contribution in [0.25, 0.3) is 22.6 Å². The van der Waals surface area contributed by atoms with E-state index in [1.807, 2.05) is 28.9 Å². The van der Waals surface area contributed by atoms with Gasteiger partial charge in [0.15, 0.2) is 5.65 Å².